The van der Waals surface area contributed by atoms with Crippen LogP contribution in [0, 0.1) is 6.92 Å². The Morgan fingerprint density at radius 1 is 1.02 bits per heavy atom. The maximum Gasteiger partial charge on any atom is 0.397 e. The van der Waals surface area contributed by atoms with Crippen LogP contribution in [0.4, 0.5) is 19.1 Å². The molecule has 1 aromatic carbocycles. The Labute approximate surface area is 230 Å². The molecular formula is C28H31F3N8O. The van der Waals surface area contributed by atoms with Gasteiger partial charge in [0.2, 0.25) is 11.9 Å². The summed E-state index contributed by atoms with van der Waals surface area (Å²) in [6.45, 7) is 4.21. The number of aromatic amines is 1. The monoisotopic (exact) mass is 552 g/mol. The second-order valence-corrected chi connectivity index (χ2v) is 10.3. The van der Waals surface area contributed by atoms with E-state index in [4.69, 9.17) is 4.98 Å². The van der Waals surface area contributed by atoms with Gasteiger partial charge in [0.15, 0.2) is 0 Å². The number of piperazine rings is 1. The summed E-state index contributed by atoms with van der Waals surface area (Å²) in [4.78, 5) is 39.0. The van der Waals surface area contributed by atoms with Crippen molar-refractivity contribution < 1.29 is 18.0 Å². The Bertz CT molecular complexity index is 1510. The zero-order valence-electron chi connectivity index (χ0n) is 22.7. The number of aryl methyl sites for hydroxylation is 1. The van der Waals surface area contributed by atoms with Gasteiger partial charge in [-0.25, -0.2) is 15.0 Å². The van der Waals surface area contributed by atoms with E-state index >= 15 is 0 Å². The summed E-state index contributed by atoms with van der Waals surface area (Å²) < 4.78 is 37.6. The molecule has 40 heavy (non-hydrogen) atoms. The molecule has 0 saturated carbocycles. The Balaban J connectivity index is 1.23. The van der Waals surface area contributed by atoms with Gasteiger partial charge >= 0.3 is 6.18 Å². The molecule has 4 heterocycles. The van der Waals surface area contributed by atoms with Crippen molar-refractivity contribution in [1.82, 2.24) is 34.7 Å². The van der Waals surface area contributed by atoms with Gasteiger partial charge in [0.25, 0.3) is 0 Å². The number of amides is 1. The van der Waals surface area contributed by atoms with E-state index in [2.05, 4.69) is 24.8 Å². The second kappa shape index (κ2) is 11.2. The fourth-order valence-electron chi connectivity index (χ4n) is 4.80. The van der Waals surface area contributed by atoms with Gasteiger partial charge in [0, 0.05) is 76.4 Å². The minimum Gasteiger partial charge on any atom is -0.347 e. The maximum absolute atomic E-state index is 12.5. The van der Waals surface area contributed by atoms with Crippen LogP contribution in [0.2, 0.25) is 0 Å². The number of hydrogen-bond donors (Lipinski definition) is 1. The highest BCUT2D eigenvalue weighted by atomic mass is 19.4. The zero-order chi connectivity index (χ0) is 28.4. The molecule has 0 atom stereocenters. The number of halogens is 3. The second-order valence-electron chi connectivity index (χ2n) is 10.3. The van der Waals surface area contributed by atoms with Crippen molar-refractivity contribution in [2.45, 2.75) is 32.5 Å². The summed E-state index contributed by atoms with van der Waals surface area (Å²) in [6.07, 6.45) is -3.60. The molecule has 0 unspecified atom stereocenters. The molecule has 210 valence electrons. The van der Waals surface area contributed by atoms with Gasteiger partial charge in [-0.2, -0.15) is 13.2 Å². The average molecular weight is 553 g/mol. The first-order chi connectivity index (χ1) is 19.0. The van der Waals surface area contributed by atoms with Gasteiger partial charge in [-0.05, 0) is 42.8 Å². The van der Waals surface area contributed by atoms with Crippen LogP contribution in [0.3, 0.4) is 0 Å². The number of imidazole rings is 1. The van der Waals surface area contributed by atoms with Gasteiger partial charge in [-0.1, -0.05) is 6.07 Å². The Kier molecular flexibility index (Phi) is 7.70. The fourth-order valence-corrected chi connectivity index (χ4v) is 4.80. The van der Waals surface area contributed by atoms with Crippen molar-refractivity contribution in [1.29, 1.82) is 0 Å². The first-order valence-electron chi connectivity index (χ1n) is 13.0. The molecule has 12 heteroatoms. The third-order valence-electron chi connectivity index (χ3n) is 6.78. The molecule has 3 aromatic heterocycles. The number of carbonyl (C=O) groups is 1. The summed E-state index contributed by atoms with van der Waals surface area (Å²) in [7, 11) is 3.83. The lowest BCUT2D eigenvalue weighted by Crippen LogP contribution is -2.49. The number of hydrogen-bond acceptors (Lipinski definition) is 7. The van der Waals surface area contributed by atoms with Crippen LogP contribution in [0.5, 0.6) is 0 Å². The molecule has 5 rings (SSSR count). The SMILES string of the molecule is Cc1cc(-c2ccc3nc(Cc4cc(CN5CCN(C(=O)CC(F)(F)F)CC5)ccn4)[nH]c3c2)nc(N(C)C)n1. The summed E-state index contributed by atoms with van der Waals surface area (Å²) in [5.41, 5.74) is 6.37. The molecule has 1 saturated heterocycles. The highest BCUT2D eigenvalue weighted by Crippen LogP contribution is 2.25. The van der Waals surface area contributed by atoms with Crippen LogP contribution in [0.25, 0.3) is 22.3 Å². The number of benzene rings is 1. The normalized spacial score (nSPS) is 14.6. The van der Waals surface area contributed by atoms with E-state index in [-0.39, 0.29) is 0 Å². The number of nitrogens with zero attached hydrogens (tertiary/aromatic N) is 7. The van der Waals surface area contributed by atoms with Crippen LogP contribution in [0.15, 0.2) is 42.6 Å². The van der Waals surface area contributed by atoms with Gasteiger partial charge in [-0.15, -0.1) is 0 Å². The molecule has 1 amide bonds. The molecule has 9 nitrogen and oxygen atoms in total. The number of aromatic nitrogens is 5. The summed E-state index contributed by atoms with van der Waals surface area (Å²) in [5.74, 6) is 0.589. The highest BCUT2D eigenvalue weighted by molar-refractivity contribution is 5.81. The van der Waals surface area contributed by atoms with Gasteiger partial charge in [-0.3, -0.25) is 14.7 Å². The van der Waals surface area contributed by atoms with Crippen molar-refractivity contribution in [3.63, 3.8) is 0 Å². The lowest BCUT2D eigenvalue weighted by Gasteiger charge is -2.35. The van der Waals surface area contributed by atoms with E-state index in [1.54, 1.807) is 6.20 Å². The molecule has 1 aliphatic heterocycles. The van der Waals surface area contributed by atoms with Crippen molar-refractivity contribution in [2.24, 2.45) is 0 Å². The quantitative estimate of drug-likeness (QED) is 0.371. The standard InChI is InChI=1S/C28H31F3N8O/c1-18-12-23(36-27(33-18)37(2)3)20-4-5-22-24(14-20)35-25(34-22)15-21-13-19(6-7-32-21)17-38-8-10-39(11-9-38)26(40)16-28(29,30)31/h4-7,12-14H,8-11,15-17H2,1-3H3,(H,34,35). The number of nitrogens with one attached hydrogen (secondary N) is 1. The van der Waals surface area contributed by atoms with Crippen molar-refractivity contribution >= 4 is 22.9 Å². The largest absolute Gasteiger partial charge is 0.397 e. The summed E-state index contributed by atoms with van der Waals surface area (Å²) in [6, 6.07) is 11.9. The Morgan fingerprint density at radius 2 is 1.80 bits per heavy atom. The van der Waals surface area contributed by atoms with Crippen LogP contribution in [-0.2, 0) is 17.8 Å². The molecule has 1 fully saturated rings. The minimum absolute atomic E-state index is 0.291. The van der Waals surface area contributed by atoms with E-state index in [1.807, 2.05) is 62.3 Å². The van der Waals surface area contributed by atoms with Gasteiger partial charge < -0.3 is 14.8 Å². The predicted octanol–water partition coefficient (Wildman–Crippen LogP) is 3.98. The molecule has 0 aliphatic carbocycles. The van der Waals surface area contributed by atoms with E-state index in [0.717, 1.165) is 45.1 Å². The Hall–Kier alpha value is -4.06. The zero-order valence-corrected chi connectivity index (χ0v) is 22.7. The third-order valence-corrected chi connectivity index (χ3v) is 6.78. The van der Waals surface area contributed by atoms with Crippen molar-refractivity contribution in [2.75, 3.05) is 45.2 Å². The fraction of sp³-hybridized carbons (Fsp3) is 0.393. The average Bonchev–Trinajstić information content (AvgIpc) is 3.29. The first-order valence-corrected chi connectivity index (χ1v) is 13.0. The van der Waals surface area contributed by atoms with Gasteiger partial charge in [0.1, 0.15) is 12.2 Å². The van der Waals surface area contributed by atoms with E-state index in [0.29, 0.717) is 45.1 Å². The van der Waals surface area contributed by atoms with Crippen molar-refractivity contribution in [3.05, 3.63) is 65.4 Å². The lowest BCUT2D eigenvalue weighted by atomic mass is 10.1. The first kappa shape index (κ1) is 27.5. The molecule has 0 spiro atoms. The van der Waals surface area contributed by atoms with E-state index < -0.39 is 18.5 Å². The molecular weight excluding hydrogens is 521 g/mol. The molecule has 1 N–H and O–H groups in total. The number of anilines is 1. The number of fused-ring (bicyclic) bond motifs is 1. The Morgan fingerprint density at radius 3 is 2.52 bits per heavy atom. The molecule has 4 aromatic rings. The van der Waals surface area contributed by atoms with E-state index in [9.17, 15) is 18.0 Å². The number of alkyl halides is 3. The minimum atomic E-state index is -4.48. The number of rotatable bonds is 7. The smallest absolute Gasteiger partial charge is 0.347 e. The van der Waals surface area contributed by atoms with E-state index in [1.165, 1.54) is 4.90 Å². The van der Waals surface area contributed by atoms with Crippen LogP contribution in [0.1, 0.15) is 29.2 Å². The van der Waals surface area contributed by atoms with Crippen LogP contribution >= 0.6 is 0 Å². The summed E-state index contributed by atoms with van der Waals surface area (Å²) >= 11 is 0. The maximum atomic E-state index is 12.5. The van der Waals surface area contributed by atoms with Crippen molar-refractivity contribution in [3.8, 4) is 11.3 Å². The number of pyridine rings is 1. The summed E-state index contributed by atoms with van der Waals surface area (Å²) in [5, 5.41) is 0. The third kappa shape index (κ3) is 6.74. The lowest BCUT2D eigenvalue weighted by molar-refractivity contribution is -0.162. The van der Waals surface area contributed by atoms with Crippen LogP contribution in [-0.4, -0.2) is 87.1 Å². The van der Waals surface area contributed by atoms with Crippen LogP contribution < -0.4 is 4.90 Å². The predicted molar refractivity (Wildman–Crippen MR) is 146 cm³/mol. The topological polar surface area (TPSA) is 94.1 Å². The molecule has 0 radical (unpaired) electrons. The number of H-pyrrole nitrogens is 1. The number of carbonyl (C=O) groups excluding carboxylic acids is 1. The molecule has 0 bridgehead atoms. The molecule has 1 aliphatic rings. The highest BCUT2D eigenvalue weighted by Gasteiger charge is 2.34. The van der Waals surface area contributed by atoms with Gasteiger partial charge in [0.05, 0.1) is 16.7 Å².